The predicted octanol–water partition coefficient (Wildman–Crippen LogP) is 3.60. The van der Waals surface area contributed by atoms with Gasteiger partial charge in [-0.15, -0.1) is 0 Å². The molecule has 0 spiro atoms. The quantitative estimate of drug-likeness (QED) is 0.700. The topological polar surface area (TPSA) is 56.4 Å². The molecule has 0 radical (unpaired) electrons. The van der Waals surface area contributed by atoms with E-state index >= 15 is 0 Å². The van der Waals surface area contributed by atoms with E-state index in [0.717, 1.165) is 22.0 Å². The van der Waals surface area contributed by atoms with Crippen molar-refractivity contribution >= 4 is 34.3 Å². The van der Waals surface area contributed by atoms with Crippen LogP contribution in [0.25, 0.3) is 10.9 Å². The molecule has 29 heavy (non-hydrogen) atoms. The minimum atomic E-state index is -1.14. The standard InChI is InChI=1S/C22H19ClFN3O2/c1-22-20-16(17-10-15(24)5-6-18(17)25-20)7-8-27(22)19(28)12-26(21(22)29)11-13-3-2-4-14(23)9-13/h2-6,9-10,25H,7-8,11-12H2,1H3/t22-/m0/s1. The van der Waals surface area contributed by atoms with Crippen molar-refractivity contribution in [3.8, 4) is 0 Å². The highest BCUT2D eigenvalue weighted by Gasteiger charge is 2.54. The number of carbonyl (C=O) groups excluding carboxylic acids is 2. The Morgan fingerprint density at radius 1 is 1.21 bits per heavy atom. The molecule has 5 rings (SSSR count). The molecule has 3 heterocycles. The maximum atomic E-state index is 13.8. The fourth-order valence-corrected chi connectivity index (χ4v) is 4.90. The van der Waals surface area contributed by atoms with Gasteiger partial charge in [-0.1, -0.05) is 23.7 Å². The van der Waals surface area contributed by atoms with Gasteiger partial charge in [-0.25, -0.2) is 4.39 Å². The van der Waals surface area contributed by atoms with E-state index in [0.29, 0.717) is 30.2 Å². The summed E-state index contributed by atoms with van der Waals surface area (Å²) in [5, 5.41) is 1.36. The minimum Gasteiger partial charge on any atom is -0.356 e. The number of carbonyl (C=O) groups is 2. The second-order valence-electron chi connectivity index (χ2n) is 7.83. The van der Waals surface area contributed by atoms with Crippen LogP contribution in [0.5, 0.6) is 0 Å². The largest absolute Gasteiger partial charge is 0.356 e. The van der Waals surface area contributed by atoms with E-state index in [4.69, 9.17) is 11.6 Å². The molecule has 0 bridgehead atoms. The van der Waals surface area contributed by atoms with Gasteiger partial charge in [-0.3, -0.25) is 9.59 Å². The van der Waals surface area contributed by atoms with Gasteiger partial charge in [-0.2, -0.15) is 0 Å². The normalized spacial score (nSPS) is 21.5. The van der Waals surface area contributed by atoms with E-state index in [2.05, 4.69) is 4.98 Å². The van der Waals surface area contributed by atoms with Crippen molar-refractivity contribution in [1.29, 1.82) is 0 Å². The molecule has 1 N–H and O–H groups in total. The molecule has 7 heteroatoms. The molecule has 2 aliphatic rings. The number of fused-ring (bicyclic) bond motifs is 5. The lowest BCUT2D eigenvalue weighted by atomic mass is 9.83. The van der Waals surface area contributed by atoms with Gasteiger partial charge in [0.2, 0.25) is 5.91 Å². The van der Waals surface area contributed by atoms with Gasteiger partial charge in [-0.05, 0) is 54.8 Å². The van der Waals surface area contributed by atoms with E-state index in [1.807, 2.05) is 12.1 Å². The number of piperazine rings is 1. The number of aromatic nitrogens is 1. The second kappa shape index (κ2) is 6.32. The highest BCUT2D eigenvalue weighted by Crippen LogP contribution is 2.42. The summed E-state index contributed by atoms with van der Waals surface area (Å²) in [7, 11) is 0. The lowest BCUT2D eigenvalue weighted by Crippen LogP contribution is -2.66. The summed E-state index contributed by atoms with van der Waals surface area (Å²) in [6.07, 6.45) is 0.585. The number of aromatic amines is 1. The SMILES string of the molecule is C[C@]12C(=O)N(Cc3cccc(Cl)c3)CC(=O)N1CCc1c2[nH]c2ccc(F)cc12. The number of benzene rings is 2. The number of nitrogens with one attached hydrogen (secondary N) is 1. The molecule has 0 unspecified atom stereocenters. The molecular weight excluding hydrogens is 393 g/mol. The van der Waals surface area contributed by atoms with E-state index in [-0.39, 0.29) is 24.2 Å². The Morgan fingerprint density at radius 3 is 2.83 bits per heavy atom. The average molecular weight is 412 g/mol. The summed E-state index contributed by atoms with van der Waals surface area (Å²) in [5.74, 6) is -0.560. The molecule has 1 aromatic heterocycles. The Bertz CT molecular complexity index is 1170. The Kier molecular flexibility index (Phi) is 3.96. The molecule has 1 atom stereocenters. The van der Waals surface area contributed by atoms with Gasteiger partial charge in [0, 0.05) is 29.0 Å². The van der Waals surface area contributed by atoms with Gasteiger partial charge in [0.15, 0.2) is 5.54 Å². The van der Waals surface area contributed by atoms with Crippen LogP contribution in [0.15, 0.2) is 42.5 Å². The Morgan fingerprint density at radius 2 is 2.03 bits per heavy atom. The first-order valence-corrected chi connectivity index (χ1v) is 9.90. The molecule has 0 saturated carbocycles. The lowest BCUT2D eigenvalue weighted by molar-refractivity contribution is -0.166. The first kappa shape index (κ1) is 18.2. The van der Waals surface area contributed by atoms with Crippen LogP contribution in [0.1, 0.15) is 23.7 Å². The van der Waals surface area contributed by atoms with E-state index in [9.17, 15) is 14.0 Å². The molecule has 2 aromatic carbocycles. The van der Waals surface area contributed by atoms with Crippen molar-refractivity contribution in [2.24, 2.45) is 0 Å². The summed E-state index contributed by atoms with van der Waals surface area (Å²) < 4.78 is 13.8. The van der Waals surface area contributed by atoms with Crippen LogP contribution in [-0.2, 0) is 28.1 Å². The van der Waals surface area contributed by atoms with Crippen molar-refractivity contribution in [3.05, 3.63) is 70.1 Å². The van der Waals surface area contributed by atoms with Crippen molar-refractivity contribution < 1.29 is 14.0 Å². The number of hydrogen-bond acceptors (Lipinski definition) is 2. The first-order chi connectivity index (χ1) is 13.9. The van der Waals surface area contributed by atoms with Crippen molar-refractivity contribution in [2.75, 3.05) is 13.1 Å². The van der Waals surface area contributed by atoms with Crippen molar-refractivity contribution in [3.63, 3.8) is 0 Å². The summed E-state index contributed by atoms with van der Waals surface area (Å²) in [4.78, 5) is 33.1. The van der Waals surface area contributed by atoms with Gasteiger partial charge in [0.25, 0.3) is 5.91 Å². The zero-order valence-corrected chi connectivity index (χ0v) is 16.6. The number of amides is 2. The van der Waals surface area contributed by atoms with Crippen molar-refractivity contribution in [1.82, 2.24) is 14.8 Å². The molecule has 2 aliphatic heterocycles. The summed E-state index contributed by atoms with van der Waals surface area (Å²) in [6, 6.07) is 11.8. The van der Waals surface area contributed by atoms with Crippen LogP contribution in [0, 0.1) is 5.82 Å². The Labute approximate surface area is 172 Å². The van der Waals surface area contributed by atoms with E-state index in [1.54, 1.807) is 34.9 Å². The monoisotopic (exact) mass is 411 g/mol. The Hall–Kier alpha value is -2.86. The van der Waals surface area contributed by atoms with E-state index < -0.39 is 5.54 Å². The molecule has 0 aliphatic carbocycles. The fraction of sp³-hybridized carbons (Fsp3) is 0.273. The zero-order valence-electron chi connectivity index (χ0n) is 15.8. The molecule has 2 amide bonds. The Balaban J connectivity index is 1.60. The summed E-state index contributed by atoms with van der Waals surface area (Å²) in [5.41, 5.74) is 2.08. The van der Waals surface area contributed by atoms with Crippen molar-refractivity contribution in [2.45, 2.75) is 25.4 Å². The molecule has 1 saturated heterocycles. The molecule has 5 nitrogen and oxygen atoms in total. The van der Waals surface area contributed by atoms with Crippen LogP contribution in [0.4, 0.5) is 4.39 Å². The van der Waals surface area contributed by atoms with Crippen LogP contribution in [0.3, 0.4) is 0 Å². The van der Waals surface area contributed by atoms with Gasteiger partial charge < -0.3 is 14.8 Å². The number of H-pyrrole nitrogens is 1. The zero-order chi connectivity index (χ0) is 20.3. The van der Waals surface area contributed by atoms with Crippen LogP contribution < -0.4 is 0 Å². The number of rotatable bonds is 2. The van der Waals surface area contributed by atoms with Gasteiger partial charge in [0.05, 0.1) is 5.69 Å². The average Bonchev–Trinajstić information content (AvgIpc) is 3.05. The first-order valence-electron chi connectivity index (χ1n) is 9.53. The highest BCUT2D eigenvalue weighted by atomic mass is 35.5. The molecule has 148 valence electrons. The minimum absolute atomic E-state index is 0.0329. The summed E-state index contributed by atoms with van der Waals surface area (Å²) >= 11 is 6.08. The third-order valence-electron chi connectivity index (χ3n) is 6.07. The van der Waals surface area contributed by atoms with Crippen LogP contribution in [-0.4, -0.2) is 39.7 Å². The summed E-state index contributed by atoms with van der Waals surface area (Å²) in [6.45, 7) is 2.55. The maximum Gasteiger partial charge on any atom is 0.255 e. The second-order valence-corrected chi connectivity index (χ2v) is 8.26. The predicted molar refractivity (Wildman–Crippen MR) is 108 cm³/mol. The number of hydrogen-bond donors (Lipinski definition) is 1. The molecule has 3 aromatic rings. The smallest absolute Gasteiger partial charge is 0.255 e. The van der Waals surface area contributed by atoms with Gasteiger partial charge >= 0.3 is 0 Å². The molecule has 1 fully saturated rings. The third kappa shape index (κ3) is 2.66. The van der Waals surface area contributed by atoms with Crippen LogP contribution in [0.2, 0.25) is 5.02 Å². The fourth-order valence-electron chi connectivity index (χ4n) is 4.69. The number of nitrogens with zero attached hydrogens (tertiary/aromatic N) is 2. The highest BCUT2D eigenvalue weighted by molar-refractivity contribution is 6.30. The lowest BCUT2D eigenvalue weighted by Gasteiger charge is -2.49. The van der Waals surface area contributed by atoms with Crippen LogP contribution >= 0.6 is 11.6 Å². The molecular formula is C22H19ClFN3O2. The maximum absolute atomic E-state index is 13.8. The van der Waals surface area contributed by atoms with Gasteiger partial charge in [0.1, 0.15) is 12.4 Å². The third-order valence-corrected chi connectivity index (χ3v) is 6.31. The van der Waals surface area contributed by atoms with E-state index in [1.165, 1.54) is 12.1 Å². The number of halogens is 2.